The maximum atomic E-state index is 12.8. The average Bonchev–Trinajstić information content (AvgIpc) is 2.76. The van der Waals surface area contributed by atoms with Crippen molar-refractivity contribution >= 4 is 11.9 Å². The van der Waals surface area contributed by atoms with Gasteiger partial charge in [-0.3, -0.25) is 9.59 Å². The SMILES string of the molecule is CCOC(=O)C1(CCOc2ccccc2)CCN(C(=O)CC2=CCCCC2)CC1. The number of esters is 1. The molecule has 0 bridgehead atoms. The van der Waals surface area contributed by atoms with Crippen LogP contribution in [0.3, 0.4) is 0 Å². The van der Waals surface area contributed by atoms with Gasteiger partial charge in [-0.2, -0.15) is 0 Å². The number of carbonyl (C=O) groups excluding carboxylic acids is 2. The number of nitrogens with zero attached hydrogens (tertiary/aromatic N) is 1. The van der Waals surface area contributed by atoms with Crippen LogP contribution in [0.1, 0.15) is 58.3 Å². The quantitative estimate of drug-likeness (QED) is 0.476. The first kappa shape index (κ1) is 21.4. The Bertz CT molecular complexity index is 705. The number of benzene rings is 1. The molecular weight excluding hydrogens is 366 g/mol. The number of hydrogen-bond donors (Lipinski definition) is 0. The molecule has 158 valence electrons. The van der Waals surface area contributed by atoms with Crippen molar-refractivity contribution < 1.29 is 19.1 Å². The number of likely N-dealkylation sites (tertiary alicyclic amines) is 1. The number of rotatable bonds is 8. The molecule has 0 N–H and O–H groups in total. The summed E-state index contributed by atoms with van der Waals surface area (Å²) in [6, 6.07) is 9.64. The van der Waals surface area contributed by atoms with Crippen molar-refractivity contribution in [2.45, 2.75) is 58.3 Å². The van der Waals surface area contributed by atoms with E-state index in [9.17, 15) is 9.59 Å². The van der Waals surface area contributed by atoms with E-state index in [0.29, 0.717) is 52.0 Å². The molecule has 0 saturated carbocycles. The van der Waals surface area contributed by atoms with Gasteiger partial charge in [-0.15, -0.1) is 0 Å². The summed E-state index contributed by atoms with van der Waals surface area (Å²) in [7, 11) is 0. The van der Waals surface area contributed by atoms with Crippen LogP contribution in [0.25, 0.3) is 0 Å². The van der Waals surface area contributed by atoms with Crippen molar-refractivity contribution in [1.82, 2.24) is 4.90 Å². The Morgan fingerprint density at radius 1 is 1.10 bits per heavy atom. The van der Waals surface area contributed by atoms with Crippen LogP contribution in [0.4, 0.5) is 0 Å². The lowest BCUT2D eigenvalue weighted by molar-refractivity contribution is -0.161. The zero-order valence-electron chi connectivity index (χ0n) is 17.5. The second kappa shape index (κ2) is 10.5. The van der Waals surface area contributed by atoms with E-state index in [1.54, 1.807) is 0 Å². The number of para-hydroxylation sites is 1. The Morgan fingerprint density at radius 2 is 1.86 bits per heavy atom. The highest BCUT2D eigenvalue weighted by Gasteiger charge is 2.43. The van der Waals surface area contributed by atoms with Gasteiger partial charge in [-0.25, -0.2) is 0 Å². The highest BCUT2D eigenvalue weighted by Crippen LogP contribution is 2.37. The van der Waals surface area contributed by atoms with Crippen molar-refractivity contribution in [3.05, 3.63) is 42.0 Å². The summed E-state index contributed by atoms with van der Waals surface area (Å²) in [5, 5.41) is 0. The topological polar surface area (TPSA) is 55.8 Å². The molecule has 0 unspecified atom stereocenters. The second-order valence-electron chi connectivity index (χ2n) is 8.08. The fraction of sp³-hybridized carbons (Fsp3) is 0.583. The minimum Gasteiger partial charge on any atom is -0.494 e. The molecule has 1 saturated heterocycles. The molecule has 2 aliphatic rings. The molecule has 1 aliphatic carbocycles. The van der Waals surface area contributed by atoms with Gasteiger partial charge < -0.3 is 14.4 Å². The first-order valence-corrected chi connectivity index (χ1v) is 10.9. The number of carbonyl (C=O) groups is 2. The van der Waals surface area contributed by atoms with E-state index >= 15 is 0 Å². The van der Waals surface area contributed by atoms with Gasteiger partial charge in [0.2, 0.25) is 5.91 Å². The van der Waals surface area contributed by atoms with Gasteiger partial charge in [0, 0.05) is 19.5 Å². The molecule has 0 aromatic heterocycles. The van der Waals surface area contributed by atoms with Crippen molar-refractivity contribution in [1.29, 1.82) is 0 Å². The third kappa shape index (κ3) is 5.84. The van der Waals surface area contributed by atoms with Crippen LogP contribution in [0.2, 0.25) is 0 Å². The summed E-state index contributed by atoms with van der Waals surface area (Å²) in [5.41, 5.74) is 0.714. The highest BCUT2D eigenvalue weighted by atomic mass is 16.5. The third-order valence-electron chi connectivity index (χ3n) is 6.14. The minimum atomic E-state index is -0.564. The molecule has 1 aliphatic heterocycles. The first-order valence-electron chi connectivity index (χ1n) is 10.9. The lowest BCUT2D eigenvalue weighted by Gasteiger charge is -2.40. The van der Waals surface area contributed by atoms with Crippen molar-refractivity contribution in [2.75, 3.05) is 26.3 Å². The summed E-state index contributed by atoms with van der Waals surface area (Å²) in [6.07, 6.45) is 9.19. The Kier molecular flexibility index (Phi) is 7.73. The van der Waals surface area contributed by atoms with Crippen molar-refractivity contribution in [3.8, 4) is 5.75 Å². The van der Waals surface area contributed by atoms with Gasteiger partial charge in [0.1, 0.15) is 5.75 Å². The normalized spacial score (nSPS) is 18.7. The van der Waals surface area contributed by atoms with Gasteiger partial charge in [0.25, 0.3) is 0 Å². The molecular formula is C24H33NO4. The van der Waals surface area contributed by atoms with Crippen LogP contribution in [0.5, 0.6) is 5.75 Å². The molecule has 1 fully saturated rings. The minimum absolute atomic E-state index is 0.154. The molecule has 3 rings (SSSR count). The van der Waals surface area contributed by atoms with Gasteiger partial charge in [0.05, 0.1) is 18.6 Å². The summed E-state index contributed by atoms with van der Waals surface area (Å²) in [4.78, 5) is 27.4. The number of ether oxygens (including phenoxy) is 2. The maximum Gasteiger partial charge on any atom is 0.312 e. The number of piperidine rings is 1. The number of allylic oxidation sites excluding steroid dienone is 1. The molecule has 1 aromatic carbocycles. The van der Waals surface area contributed by atoms with Crippen LogP contribution >= 0.6 is 0 Å². The Labute approximate surface area is 174 Å². The molecule has 1 amide bonds. The summed E-state index contributed by atoms with van der Waals surface area (Å²) in [6.45, 7) is 3.88. The number of amides is 1. The molecule has 1 heterocycles. The molecule has 1 aromatic rings. The summed E-state index contributed by atoms with van der Waals surface area (Å²) in [5.74, 6) is 0.842. The van der Waals surface area contributed by atoms with E-state index in [2.05, 4.69) is 6.08 Å². The number of hydrogen-bond acceptors (Lipinski definition) is 4. The Morgan fingerprint density at radius 3 is 2.52 bits per heavy atom. The molecule has 0 atom stereocenters. The summed E-state index contributed by atoms with van der Waals surface area (Å²) >= 11 is 0. The molecule has 0 spiro atoms. The molecule has 0 radical (unpaired) electrons. The van der Waals surface area contributed by atoms with E-state index < -0.39 is 5.41 Å². The zero-order chi connectivity index (χ0) is 20.5. The third-order valence-corrected chi connectivity index (χ3v) is 6.14. The van der Waals surface area contributed by atoms with Crippen LogP contribution < -0.4 is 4.74 Å². The van der Waals surface area contributed by atoms with Gasteiger partial charge in [0.15, 0.2) is 0 Å². The van der Waals surface area contributed by atoms with Gasteiger partial charge >= 0.3 is 5.97 Å². The van der Waals surface area contributed by atoms with Crippen LogP contribution in [0.15, 0.2) is 42.0 Å². The fourth-order valence-electron chi connectivity index (χ4n) is 4.28. The van der Waals surface area contributed by atoms with E-state index in [0.717, 1.165) is 18.6 Å². The van der Waals surface area contributed by atoms with Crippen LogP contribution in [-0.2, 0) is 14.3 Å². The summed E-state index contributed by atoms with van der Waals surface area (Å²) < 4.78 is 11.2. The second-order valence-corrected chi connectivity index (χ2v) is 8.08. The lowest BCUT2D eigenvalue weighted by Crippen LogP contribution is -2.47. The van der Waals surface area contributed by atoms with E-state index in [-0.39, 0.29) is 11.9 Å². The van der Waals surface area contributed by atoms with Crippen molar-refractivity contribution in [3.63, 3.8) is 0 Å². The first-order chi connectivity index (χ1) is 14.1. The standard InChI is InChI=1S/C24H33NO4/c1-2-28-23(27)24(15-18-29-21-11-7-4-8-12-21)13-16-25(17-14-24)22(26)19-20-9-5-3-6-10-20/h4,7-9,11-12H,2-3,5-6,10,13-19H2,1H3. The largest absolute Gasteiger partial charge is 0.494 e. The van der Waals surface area contributed by atoms with Crippen LogP contribution in [0, 0.1) is 5.41 Å². The maximum absolute atomic E-state index is 12.8. The smallest absolute Gasteiger partial charge is 0.312 e. The van der Waals surface area contributed by atoms with Gasteiger partial charge in [-0.05, 0) is 64.0 Å². The van der Waals surface area contributed by atoms with E-state index in [1.807, 2.05) is 42.2 Å². The monoisotopic (exact) mass is 399 g/mol. The average molecular weight is 400 g/mol. The van der Waals surface area contributed by atoms with E-state index in [1.165, 1.54) is 18.4 Å². The molecule has 5 nitrogen and oxygen atoms in total. The molecule has 5 heteroatoms. The zero-order valence-corrected chi connectivity index (χ0v) is 17.5. The van der Waals surface area contributed by atoms with E-state index in [4.69, 9.17) is 9.47 Å². The van der Waals surface area contributed by atoms with Crippen LogP contribution in [-0.4, -0.2) is 43.1 Å². The van der Waals surface area contributed by atoms with Gasteiger partial charge in [-0.1, -0.05) is 29.8 Å². The predicted molar refractivity (Wildman–Crippen MR) is 113 cm³/mol. The predicted octanol–water partition coefficient (Wildman–Crippen LogP) is 4.52. The fourth-order valence-corrected chi connectivity index (χ4v) is 4.28. The Hall–Kier alpha value is -2.30. The Balaban J connectivity index is 1.56. The highest BCUT2D eigenvalue weighted by molar-refractivity contribution is 5.80. The lowest BCUT2D eigenvalue weighted by atomic mass is 9.75. The molecule has 29 heavy (non-hydrogen) atoms. The van der Waals surface area contributed by atoms with Crippen molar-refractivity contribution in [2.24, 2.45) is 5.41 Å².